The van der Waals surface area contributed by atoms with Gasteiger partial charge < -0.3 is 4.42 Å². The topological polar surface area (TPSA) is 86.7 Å². The molecule has 3 aromatic heterocycles. The molecule has 0 N–H and O–H groups in total. The third kappa shape index (κ3) is 3.85. The quantitative estimate of drug-likeness (QED) is 0.303. The highest BCUT2D eigenvalue weighted by molar-refractivity contribution is 7.98. The first kappa shape index (κ1) is 19.2. The summed E-state index contributed by atoms with van der Waals surface area (Å²) in [7, 11) is 0. The Bertz CT molecular complexity index is 1410. The zero-order chi connectivity index (χ0) is 21.2. The molecule has 0 fully saturated rings. The van der Waals surface area contributed by atoms with Gasteiger partial charge in [0, 0.05) is 11.8 Å². The summed E-state index contributed by atoms with van der Waals surface area (Å²) in [6, 6.07) is 18.8. The van der Waals surface area contributed by atoms with Crippen LogP contribution in [0.15, 0.2) is 87.4 Å². The Morgan fingerprint density at radius 1 is 1.00 bits per heavy atom. The van der Waals surface area contributed by atoms with Gasteiger partial charge in [-0.2, -0.15) is 0 Å². The number of pyridine rings is 1. The number of rotatable bonds is 5. The van der Waals surface area contributed by atoms with E-state index >= 15 is 0 Å². The summed E-state index contributed by atoms with van der Waals surface area (Å²) >= 11 is 1.36. The number of nitrogens with zero attached hydrogens (tertiary/aromatic N) is 5. The van der Waals surface area contributed by atoms with Gasteiger partial charge in [-0.3, -0.25) is 14.3 Å². The van der Waals surface area contributed by atoms with Crippen molar-refractivity contribution >= 4 is 22.7 Å². The molecule has 5 rings (SSSR count). The molecule has 0 saturated heterocycles. The van der Waals surface area contributed by atoms with Gasteiger partial charge in [-0.05, 0) is 43.3 Å². The van der Waals surface area contributed by atoms with Crippen molar-refractivity contribution in [2.24, 2.45) is 0 Å². The van der Waals surface area contributed by atoms with Crippen molar-refractivity contribution in [3.8, 4) is 17.1 Å². The fourth-order valence-corrected chi connectivity index (χ4v) is 4.02. The molecule has 0 amide bonds. The Balaban J connectivity index is 1.49. The van der Waals surface area contributed by atoms with Crippen molar-refractivity contribution in [1.82, 2.24) is 24.7 Å². The molecule has 0 aliphatic heterocycles. The third-order valence-corrected chi connectivity index (χ3v) is 5.66. The van der Waals surface area contributed by atoms with E-state index in [1.54, 1.807) is 29.1 Å². The van der Waals surface area contributed by atoms with Crippen LogP contribution >= 0.6 is 11.8 Å². The Morgan fingerprint density at radius 2 is 1.84 bits per heavy atom. The van der Waals surface area contributed by atoms with Gasteiger partial charge >= 0.3 is 0 Å². The number of aryl methyl sites for hydroxylation is 1. The second-order valence-corrected chi connectivity index (χ2v) is 7.86. The number of benzene rings is 2. The smallest absolute Gasteiger partial charge is 0.266 e. The number of thioether (sulfide) groups is 1. The monoisotopic (exact) mass is 427 g/mol. The lowest BCUT2D eigenvalue weighted by molar-refractivity contribution is 0.528. The summed E-state index contributed by atoms with van der Waals surface area (Å²) in [6.07, 6.45) is 3.31. The number of aromatic nitrogens is 5. The summed E-state index contributed by atoms with van der Waals surface area (Å²) in [6.45, 7) is 2.03. The van der Waals surface area contributed by atoms with Gasteiger partial charge in [-0.1, -0.05) is 41.6 Å². The Hall–Kier alpha value is -3.78. The zero-order valence-electron chi connectivity index (χ0n) is 16.6. The molecule has 0 spiro atoms. The zero-order valence-corrected chi connectivity index (χ0v) is 17.4. The molecule has 0 atom stereocenters. The van der Waals surface area contributed by atoms with Gasteiger partial charge in [0.15, 0.2) is 5.16 Å². The number of hydrogen-bond donors (Lipinski definition) is 0. The lowest BCUT2D eigenvalue weighted by Gasteiger charge is -2.12. The first-order valence-corrected chi connectivity index (χ1v) is 10.6. The standard InChI is InChI=1S/C23H17N5O2S/c1-15-8-10-16(11-9-15)21-27-26-20(30-21)14-31-23-25-19-7-3-2-6-18(19)22(29)28(23)17-5-4-12-24-13-17/h2-13H,14H2,1H3. The lowest BCUT2D eigenvalue weighted by Crippen LogP contribution is -2.21. The Morgan fingerprint density at radius 3 is 2.65 bits per heavy atom. The lowest BCUT2D eigenvalue weighted by atomic mass is 10.1. The Kier molecular flexibility index (Phi) is 5.05. The number of hydrogen-bond acceptors (Lipinski definition) is 7. The van der Waals surface area contributed by atoms with Crippen LogP contribution in [0.4, 0.5) is 0 Å². The number of para-hydroxylation sites is 1. The van der Waals surface area contributed by atoms with Crippen LogP contribution in [0.3, 0.4) is 0 Å². The first-order chi connectivity index (χ1) is 15.2. The summed E-state index contributed by atoms with van der Waals surface area (Å²) in [5.74, 6) is 1.30. The average molecular weight is 427 g/mol. The normalized spacial score (nSPS) is 11.1. The minimum absolute atomic E-state index is 0.146. The van der Waals surface area contributed by atoms with Crippen molar-refractivity contribution in [1.29, 1.82) is 0 Å². The minimum Gasteiger partial charge on any atom is -0.420 e. The summed E-state index contributed by atoms with van der Waals surface area (Å²) < 4.78 is 7.39. The molecule has 2 aromatic carbocycles. The minimum atomic E-state index is -0.146. The predicted molar refractivity (Wildman–Crippen MR) is 119 cm³/mol. The highest BCUT2D eigenvalue weighted by Gasteiger charge is 2.15. The van der Waals surface area contributed by atoms with E-state index < -0.39 is 0 Å². The van der Waals surface area contributed by atoms with E-state index in [0.29, 0.717) is 39.3 Å². The van der Waals surface area contributed by atoms with E-state index in [4.69, 9.17) is 9.40 Å². The molecule has 3 heterocycles. The molecule has 8 heteroatoms. The van der Waals surface area contributed by atoms with E-state index in [9.17, 15) is 4.79 Å². The maximum atomic E-state index is 13.2. The van der Waals surface area contributed by atoms with Gasteiger partial charge in [0.25, 0.3) is 5.56 Å². The van der Waals surface area contributed by atoms with E-state index in [2.05, 4.69) is 15.2 Å². The highest BCUT2D eigenvalue weighted by Crippen LogP contribution is 2.26. The number of fused-ring (bicyclic) bond motifs is 1. The molecular weight excluding hydrogens is 410 g/mol. The van der Waals surface area contributed by atoms with Crippen LogP contribution in [0.5, 0.6) is 0 Å². The molecule has 0 unspecified atom stereocenters. The second kappa shape index (κ2) is 8.16. The summed E-state index contributed by atoms with van der Waals surface area (Å²) in [5, 5.41) is 9.38. The van der Waals surface area contributed by atoms with Crippen LogP contribution in [0.25, 0.3) is 28.0 Å². The highest BCUT2D eigenvalue weighted by atomic mass is 32.2. The van der Waals surface area contributed by atoms with E-state index in [1.165, 1.54) is 11.8 Å². The first-order valence-electron chi connectivity index (χ1n) is 9.63. The maximum absolute atomic E-state index is 13.2. The maximum Gasteiger partial charge on any atom is 0.266 e. The molecule has 0 saturated carbocycles. The Labute approximate surface area is 181 Å². The average Bonchev–Trinajstić information content (AvgIpc) is 3.28. The summed E-state index contributed by atoms with van der Waals surface area (Å²) in [4.78, 5) is 22.1. The van der Waals surface area contributed by atoms with Crippen LogP contribution in [-0.4, -0.2) is 24.7 Å². The van der Waals surface area contributed by atoms with Gasteiger partial charge in [-0.25, -0.2) is 4.98 Å². The summed E-state index contributed by atoms with van der Waals surface area (Å²) in [5.41, 5.74) is 3.17. The van der Waals surface area contributed by atoms with Crippen LogP contribution < -0.4 is 5.56 Å². The largest absolute Gasteiger partial charge is 0.420 e. The SMILES string of the molecule is Cc1ccc(-c2nnc(CSc3nc4ccccc4c(=O)n3-c3cccnc3)o2)cc1. The molecule has 152 valence electrons. The van der Waals surface area contributed by atoms with E-state index in [1.807, 2.05) is 55.5 Å². The molecule has 31 heavy (non-hydrogen) atoms. The van der Waals surface area contributed by atoms with Crippen molar-refractivity contribution in [3.63, 3.8) is 0 Å². The van der Waals surface area contributed by atoms with Gasteiger partial charge in [0.05, 0.1) is 28.5 Å². The van der Waals surface area contributed by atoms with E-state index in [-0.39, 0.29) is 5.56 Å². The predicted octanol–water partition coefficient (Wildman–Crippen LogP) is 4.43. The van der Waals surface area contributed by atoms with Gasteiger partial charge in [-0.15, -0.1) is 10.2 Å². The third-order valence-electron chi connectivity index (χ3n) is 4.74. The molecule has 0 aliphatic carbocycles. The van der Waals surface area contributed by atoms with Gasteiger partial charge in [0.2, 0.25) is 11.8 Å². The fourth-order valence-electron chi connectivity index (χ4n) is 3.17. The van der Waals surface area contributed by atoms with Crippen molar-refractivity contribution in [2.45, 2.75) is 17.8 Å². The van der Waals surface area contributed by atoms with Gasteiger partial charge in [0.1, 0.15) is 0 Å². The fraction of sp³-hybridized carbons (Fsp3) is 0.0870. The van der Waals surface area contributed by atoms with Crippen LogP contribution in [0, 0.1) is 6.92 Å². The molecule has 0 radical (unpaired) electrons. The molecule has 0 aliphatic rings. The second-order valence-electron chi connectivity index (χ2n) is 6.92. The van der Waals surface area contributed by atoms with Crippen molar-refractivity contribution < 1.29 is 4.42 Å². The molecule has 0 bridgehead atoms. The van der Waals surface area contributed by atoms with Crippen molar-refractivity contribution in [3.05, 3.63) is 94.9 Å². The molecular formula is C23H17N5O2S. The van der Waals surface area contributed by atoms with E-state index in [0.717, 1.165) is 11.1 Å². The molecule has 7 nitrogen and oxygen atoms in total. The van der Waals surface area contributed by atoms with Crippen LogP contribution in [0.1, 0.15) is 11.5 Å². The van der Waals surface area contributed by atoms with Crippen molar-refractivity contribution in [2.75, 3.05) is 0 Å². The van der Waals surface area contributed by atoms with Crippen LogP contribution in [0.2, 0.25) is 0 Å². The molecule has 5 aromatic rings. The van der Waals surface area contributed by atoms with Crippen LogP contribution in [-0.2, 0) is 5.75 Å².